The van der Waals surface area contributed by atoms with E-state index in [1.165, 1.54) is 11.3 Å². The van der Waals surface area contributed by atoms with Crippen molar-refractivity contribution in [1.82, 2.24) is 4.90 Å². The Morgan fingerprint density at radius 3 is 2.42 bits per heavy atom. The minimum atomic E-state index is -0.261. The first-order valence-corrected chi connectivity index (χ1v) is 8.74. The molecule has 0 atom stereocenters. The number of benzene rings is 1. The smallest absolute Gasteiger partial charge is 0.314 e. The molecule has 6 heteroatoms. The molecular weight excluding hydrogens is 326 g/mol. The molecule has 1 aromatic heterocycles. The van der Waals surface area contributed by atoms with Crippen molar-refractivity contribution in [2.24, 2.45) is 5.92 Å². The molecule has 0 aliphatic carbocycles. The Hall–Kier alpha value is -2.34. The summed E-state index contributed by atoms with van der Waals surface area (Å²) in [6, 6.07) is 10.8. The second kappa shape index (κ2) is 7.49. The van der Waals surface area contributed by atoms with E-state index in [4.69, 9.17) is 9.47 Å². The van der Waals surface area contributed by atoms with Crippen molar-refractivity contribution in [1.29, 1.82) is 0 Å². The highest BCUT2D eigenvalue weighted by Crippen LogP contribution is 2.28. The average molecular weight is 345 g/mol. The number of amides is 1. The molecule has 1 saturated heterocycles. The minimum absolute atomic E-state index is 0.0431. The molecule has 0 bridgehead atoms. The van der Waals surface area contributed by atoms with Gasteiger partial charge in [-0.1, -0.05) is 18.2 Å². The molecule has 1 aliphatic rings. The van der Waals surface area contributed by atoms with E-state index in [0.717, 1.165) is 4.88 Å². The lowest BCUT2D eigenvalue weighted by Crippen LogP contribution is -2.40. The second-order valence-electron chi connectivity index (χ2n) is 5.62. The van der Waals surface area contributed by atoms with Gasteiger partial charge in [0.05, 0.1) is 17.9 Å². The van der Waals surface area contributed by atoms with Gasteiger partial charge in [-0.15, -0.1) is 11.3 Å². The highest BCUT2D eigenvalue weighted by molar-refractivity contribution is 7.12. The Kier molecular flexibility index (Phi) is 5.15. The fraction of sp³-hybridized carbons (Fsp3) is 0.333. The number of nitrogens with zero attached hydrogens (tertiary/aromatic N) is 1. The zero-order valence-corrected chi connectivity index (χ0v) is 14.3. The third-order valence-corrected chi connectivity index (χ3v) is 4.98. The minimum Gasteiger partial charge on any atom is -0.493 e. The van der Waals surface area contributed by atoms with Crippen LogP contribution in [0.5, 0.6) is 11.5 Å². The van der Waals surface area contributed by atoms with Gasteiger partial charge < -0.3 is 14.4 Å². The molecule has 1 amide bonds. The monoisotopic (exact) mass is 345 g/mol. The topological polar surface area (TPSA) is 55.8 Å². The zero-order chi connectivity index (χ0) is 16.9. The molecule has 2 aromatic rings. The van der Waals surface area contributed by atoms with Gasteiger partial charge >= 0.3 is 5.97 Å². The molecule has 1 aromatic carbocycles. The van der Waals surface area contributed by atoms with Crippen LogP contribution in [-0.2, 0) is 4.79 Å². The van der Waals surface area contributed by atoms with Crippen LogP contribution < -0.4 is 9.47 Å². The molecule has 1 aliphatic heterocycles. The van der Waals surface area contributed by atoms with Crippen LogP contribution in [0.1, 0.15) is 22.5 Å². The van der Waals surface area contributed by atoms with Gasteiger partial charge in [0.1, 0.15) is 0 Å². The summed E-state index contributed by atoms with van der Waals surface area (Å²) < 4.78 is 10.7. The van der Waals surface area contributed by atoms with Crippen molar-refractivity contribution in [3.8, 4) is 11.5 Å². The summed E-state index contributed by atoms with van der Waals surface area (Å²) in [6.45, 7) is 1.14. The van der Waals surface area contributed by atoms with Gasteiger partial charge in [0.2, 0.25) is 0 Å². The zero-order valence-electron chi connectivity index (χ0n) is 13.4. The first-order chi connectivity index (χ1) is 11.7. The van der Waals surface area contributed by atoms with Crippen molar-refractivity contribution in [2.75, 3.05) is 20.2 Å². The van der Waals surface area contributed by atoms with E-state index in [0.29, 0.717) is 37.4 Å². The number of hydrogen-bond donors (Lipinski definition) is 0. The number of para-hydroxylation sites is 2. The van der Waals surface area contributed by atoms with Crippen LogP contribution >= 0.6 is 11.3 Å². The molecule has 0 radical (unpaired) electrons. The van der Waals surface area contributed by atoms with Crippen LogP contribution in [0.4, 0.5) is 0 Å². The van der Waals surface area contributed by atoms with Gasteiger partial charge in [-0.3, -0.25) is 9.59 Å². The number of thiophene rings is 1. The summed E-state index contributed by atoms with van der Waals surface area (Å²) in [5, 5.41) is 1.89. The molecule has 0 unspecified atom stereocenters. The van der Waals surface area contributed by atoms with Crippen LogP contribution in [0.15, 0.2) is 41.8 Å². The van der Waals surface area contributed by atoms with Gasteiger partial charge in [0.15, 0.2) is 11.5 Å². The lowest BCUT2D eigenvalue weighted by atomic mass is 9.97. The maximum atomic E-state index is 12.4. The van der Waals surface area contributed by atoms with E-state index in [9.17, 15) is 9.59 Å². The Morgan fingerprint density at radius 2 is 1.79 bits per heavy atom. The predicted octanol–water partition coefficient (Wildman–Crippen LogP) is 3.21. The first kappa shape index (κ1) is 16.5. The second-order valence-corrected chi connectivity index (χ2v) is 6.56. The van der Waals surface area contributed by atoms with Gasteiger partial charge in [0.25, 0.3) is 5.91 Å². The van der Waals surface area contributed by atoms with E-state index in [1.54, 1.807) is 30.2 Å². The number of likely N-dealkylation sites (tertiary alicyclic amines) is 1. The molecular formula is C18H19NO4S. The largest absolute Gasteiger partial charge is 0.493 e. The average Bonchev–Trinajstić information content (AvgIpc) is 3.16. The molecule has 24 heavy (non-hydrogen) atoms. The van der Waals surface area contributed by atoms with Crippen LogP contribution in [-0.4, -0.2) is 37.0 Å². The summed E-state index contributed by atoms with van der Waals surface area (Å²) in [4.78, 5) is 27.2. The lowest BCUT2D eigenvalue weighted by Gasteiger charge is -2.30. The summed E-state index contributed by atoms with van der Waals surface area (Å²) in [5.41, 5.74) is 0. The summed E-state index contributed by atoms with van der Waals surface area (Å²) >= 11 is 1.44. The number of carbonyl (C=O) groups is 2. The first-order valence-electron chi connectivity index (χ1n) is 7.86. The molecule has 1 fully saturated rings. The Bertz CT molecular complexity index is 706. The van der Waals surface area contributed by atoms with Crippen molar-refractivity contribution < 1.29 is 19.1 Å². The van der Waals surface area contributed by atoms with Gasteiger partial charge in [-0.25, -0.2) is 0 Å². The maximum Gasteiger partial charge on any atom is 0.314 e. The van der Waals surface area contributed by atoms with E-state index in [2.05, 4.69) is 0 Å². The lowest BCUT2D eigenvalue weighted by molar-refractivity contribution is -0.140. The van der Waals surface area contributed by atoms with Crippen LogP contribution in [0.25, 0.3) is 0 Å². The highest BCUT2D eigenvalue weighted by Gasteiger charge is 2.29. The third-order valence-electron chi connectivity index (χ3n) is 4.13. The quantitative estimate of drug-likeness (QED) is 0.631. The van der Waals surface area contributed by atoms with E-state index < -0.39 is 0 Å². The SMILES string of the molecule is COc1ccccc1OC(=O)C1CCN(C(=O)c2cccs2)CC1. The highest BCUT2D eigenvalue weighted by atomic mass is 32.1. The molecule has 126 valence electrons. The molecule has 3 rings (SSSR count). The Labute approximate surface area is 144 Å². The number of methoxy groups -OCH3 is 1. The van der Waals surface area contributed by atoms with Crippen molar-refractivity contribution in [2.45, 2.75) is 12.8 Å². The Balaban J connectivity index is 1.56. The summed E-state index contributed by atoms with van der Waals surface area (Å²) in [7, 11) is 1.54. The molecule has 0 N–H and O–H groups in total. The fourth-order valence-electron chi connectivity index (χ4n) is 2.77. The summed E-state index contributed by atoms with van der Waals surface area (Å²) in [6.07, 6.45) is 1.23. The van der Waals surface area contributed by atoms with E-state index in [-0.39, 0.29) is 17.8 Å². The van der Waals surface area contributed by atoms with Crippen LogP contribution in [0.2, 0.25) is 0 Å². The Morgan fingerprint density at radius 1 is 1.08 bits per heavy atom. The van der Waals surface area contributed by atoms with Crippen molar-refractivity contribution in [3.63, 3.8) is 0 Å². The number of ether oxygens (including phenoxy) is 2. The van der Waals surface area contributed by atoms with Gasteiger partial charge in [-0.05, 0) is 36.4 Å². The van der Waals surface area contributed by atoms with E-state index >= 15 is 0 Å². The van der Waals surface area contributed by atoms with Crippen LogP contribution in [0, 0.1) is 5.92 Å². The fourth-order valence-corrected chi connectivity index (χ4v) is 3.46. The van der Waals surface area contributed by atoms with Gasteiger partial charge in [-0.2, -0.15) is 0 Å². The standard InChI is InChI=1S/C18H19NO4S/c1-22-14-5-2-3-6-15(14)23-18(21)13-8-10-19(11-9-13)17(20)16-7-4-12-24-16/h2-7,12-13H,8-11H2,1H3. The summed E-state index contributed by atoms with van der Waals surface area (Å²) in [5.74, 6) is 0.560. The third kappa shape index (κ3) is 3.59. The number of esters is 1. The number of piperidine rings is 1. The normalized spacial score (nSPS) is 15.1. The van der Waals surface area contributed by atoms with Crippen molar-refractivity contribution >= 4 is 23.2 Å². The maximum absolute atomic E-state index is 12.4. The van der Waals surface area contributed by atoms with Gasteiger partial charge in [0, 0.05) is 13.1 Å². The van der Waals surface area contributed by atoms with E-state index in [1.807, 2.05) is 23.6 Å². The molecule has 0 saturated carbocycles. The number of carbonyl (C=O) groups excluding carboxylic acids is 2. The molecule has 5 nitrogen and oxygen atoms in total. The number of rotatable bonds is 4. The van der Waals surface area contributed by atoms with Crippen molar-refractivity contribution in [3.05, 3.63) is 46.7 Å². The van der Waals surface area contributed by atoms with Crippen LogP contribution in [0.3, 0.4) is 0 Å². The molecule has 0 spiro atoms. The molecule has 2 heterocycles. The number of hydrogen-bond acceptors (Lipinski definition) is 5. The predicted molar refractivity (Wildman–Crippen MR) is 91.6 cm³/mol.